The van der Waals surface area contributed by atoms with E-state index in [9.17, 15) is 14.4 Å². The Morgan fingerprint density at radius 3 is 2.35 bits per heavy atom. The van der Waals surface area contributed by atoms with Gasteiger partial charge in [0.05, 0.1) is 16.1 Å². The molecule has 120 valence electrons. The Morgan fingerprint density at radius 1 is 1.17 bits per heavy atom. The lowest BCUT2D eigenvalue weighted by molar-refractivity contribution is 0.0974. The Labute approximate surface area is 141 Å². The van der Waals surface area contributed by atoms with Crippen LogP contribution in [0.1, 0.15) is 43.8 Å². The van der Waals surface area contributed by atoms with E-state index >= 15 is 0 Å². The second kappa shape index (κ2) is 6.44. The highest BCUT2D eigenvalue weighted by molar-refractivity contribution is 6.37. The van der Waals surface area contributed by atoms with Crippen LogP contribution in [0.4, 0.5) is 5.88 Å². The minimum Gasteiger partial charge on any atom is -0.444 e. The van der Waals surface area contributed by atoms with Crippen LogP contribution in [0.15, 0.2) is 22.6 Å². The molecule has 3 N–H and O–H groups in total. The van der Waals surface area contributed by atoms with Gasteiger partial charge in [-0.2, -0.15) is 0 Å². The van der Waals surface area contributed by atoms with Crippen LogP contribution in [0, 0.1) is 6.92 Å². The molecule has 1 aromatic carbocycles. The number of halogens is 2. The fraction of sp³-hybridized carbons (Fsp3) is 0.133. The van der Waals surface area contributed by atoms with Crippen molar-refractivity contribution in [2.24, 2.45) is 5.73 Å². The van der Waals surface area contributed by atoms with E-state index in [1.54, 1.807) is 0 Å². The number of amides is 2. The molecule has 1 heterocycles. The number of nitrogens with two attached hydrogens (primary N) is 1. The number of aryl methyl sites for hydroxylation is 1. The number of hydrogen-bond donors (Lipinski definition) is 2. The van der Waals surface area contributed by atoms with Crippen LogP contribution in [-0.4, -0.2) is 17.6 Å². The van der Waals surface area contributed by atoms with E-state index in [-0.39, 0.29) is 33.4 Å². The highest BCUT2D eigenvalue weighted by atomic mass is 35.5. The third-order valence-corrected chi connectivity index (χ3v) is 3.63. The number of benzene rings is 1. The highest BCUT2D eigenvalue weighted by Gasteiger charge is 2.26. The number of nitrogens with one attached hydrogen (secondary N) is 1. The number of ketones is 1. The van der Waals surface area contributed by atoms with Gasteiger partial charge in [-0.25, -0.2) is 0 Å². The summed E-state index contributed by atoms with van der Waals surface area (Å²) in [4.78, 5) is 35.5. The van der Waals surface area contributed by atoms with Crippen LogP contribution in [0.2, 0.25) is 10.0 Å². The molecule has 0 saturated heterocycles. The van der Waals surface area contributed by atoms with Crippen LogP contribution in [-0.2, 0) is 0 Å². The Kier molecular flexibility index (Phi) is 4.77. The average molecular weight is 355 g/mol. The molecule has 0 radical (unpaired) electrons. The number of furan rings is 1. The van der Waals surface area contributed by atoms with Gasteiger partial charge in [-0.15, -0.1) is 0 Å². The Balaban J connectivity index is 2.44. The minimum atomic E-state index is -0.885. The molecule has 2 aromatic rings. The van der Waals surface area contributed by atoms with Gasteiger partial charge >= 0.3 is 0 Å². The van der Waals surface area contributed by atoms with Crippen molar-refractivity contribution in [3.63, 3.8) is 0 Å². The zero-order chi connectivity index (χ0) is 17.3. The molecule has 0 bridgehead atoms. The molecular formula is C15H12Cl2N2O4. The van der Waals surface area contributed by atoms with Gasteiger partial charge in [-0.3, -0.25) is 19.7 Å². The van der Waals surface area contributed by atoms with Crippen molar-refractivity contribution in [2.45, 2.75) is 13.8 Å². The number of primary amides is 1. The number of carbonyl (C=O) groups excluding carboxylic acids is 3. The number of carbonyl (C=O) groups is 3. The van der Waals surface area contributed by atoms with Crippen molar-refractivity contribution in [3.05, 3.63) is 50.7 Å². The Morgan fingerprint density at radius 2 is 1.83 bits per heavy atom. The Bertz CT molecular complexity index is 827. The van der Waals surface area contributed by atoms with Crippen molar-refractivity contribution in [1.82, 2.24) is 0 Å². The molecule has 0 spiro atoms. The monoisotopic (exact) mass is 354 g/mol. The van der Waals surface area contributed by atoms with Gasteiger partial charge in [0.25, 0.3) is 11.8 Å². The lowest BCUT2D eigenvalue weighted by atomic mass is 10.1. The van der Waals surface area contributed by atoms with Gasteiger partial charge < -0.3 is 10.2 Å². The third-order valence-electron chi connectivity index (χ3n) is 3.09. The van der Waals surface area contributed by atoms with Crippen LogP contribution in [0.3, 0.4) is 0 Å². The SMILES string of the molecule is CC(=O)c1c(C)oc(NC(=O)c2ccc(Cl)cc2Cl)c1C(N)=O. The first-order valence-corrected chi connectivity index (χ1v) is 7.18. The van der Waals surface area contributed by atoms with E-state index in [0.29, 0.717) is 5.02 Å². The zero-order valence-corrected chi connectivity index (χ0v) is 13.7. The lowest BCUT2D eigenvalue weighted by Gasteiger charge is -2.06. The molecule has 0 aliphatic heterocycles. The third kappa shape index (κ3) is 3.38. The summed E-state index contributed by atoms with van der Waals surface area (Å²) in [5, 5.41) is 2.90. The molecule has 2 amide bonds. The summed E-state index contributed by atoms with van der Waals surface area (Å²) >= 11 is 11.7. The predicted molar refractivity (Wildman–Crippen MR) is 86.4 cm³/mol. The van der Waals surface area contributed by atoms with E-state index in [1.165, 1.54) is 32.0 Å². The molecule has 0 fully saturated rings. The van der Waals surface area contributed by atoms with Crippen molar-refractivity contribution in [2.75, 3.05) is 5.32 Å². The van der Waals surface area contributed by atoms with Gasteiger partial charge in [-0.05, 0) is 32.0 Å². The van der Waals surface area contributed by atoms with E-state index < -0.39 is 17.6 Å². The average Bonchev–Trinajstić information content (AvgIpc) is 2.75. The molecule has 6 nitrogen and oxygen atoms in total. The first-order chi connectivity index (χ1) is 10.7. The fourth-order valence-corrected chi connectivity index (χ4v) is 2.63. The van der Waals surface area contributed by atoms with Crippen LogP contribution in [0.25, 0.3) is 0 Å². The topological polar surface area (TPSA) is 102 Å². The molecule has 8 heteroatoms. The van der Waals surface area contributed by atoms with Gasteiger partial charge in [0.1, 0.15) is 11.3 Å². The molecule has 23 heavy (non-hydrogen) atoms. The zero-order valence-electron chi connectivity index (χ0n) is 12.2. The number of hydrogen-bond acceptors (Lipinski definition) is 4. The van der Waals surface area contributed by atoms with Gasteiger partial charge in [0.15, 0.2) is 5.78 Å². The maximum absolute atomic E-state index is 12.3. The smallest absolute Gasteiger partial charge is 0.259 e. The summed E-state index contributed by atoms with van der Waals surface area (Å²) < 4.78 is 5.30. The first kappa shape index (κ1) is 17.1. The van der Waals surface area contributed by atoms with E-state index in [4.69, 9.17) is 33.4 Å². The van der Waals surface area contributed by atoms with Gasteiger partial charge in [0, 0.05) is 5.02 Å². The van der Waals surface area contributed by atoms with Crippen molar-refractivity contribution < 1.29 is 18.8 Å². The highest BCUT2D eigenvalue weighted by Crippen LogP contribution is 2.29. The quantitative estimate of drug-likeness (QED) is 0.820. The van der Waals surface area contributed by atoms with E-state index in [2.05, 4.69) is 5.32 Å². The maximum atomic E-state index is 12.3. The van der Waals surface area contributed by atoms with Gasteiger partial charge in [-0.1, -0.05) is 23.2 Å². The largest absolute Gasteiger partial charge is 0.444 e. The van der Waals surface area contributed by atoms with Crippen molar-refractivity contribution >= 4 is 46.7 Å². The maximum Gasteiger partial charge on any atom is 0.259 e. The molecule has 2 rings (SSSR count). The molecule has 0 aliphatic rings. The van der Waals surface area contributed by atoms with Crippen molar-refractivity contribution in [3.8, 4) is 0 Å². The van der Waals surface area contributed by atoms with E-state index in [1.807, 2.05) is 0 Å². The number of rotatable bonds is 4. The normalized spacial score (nSPS) is 10.4. The summed E-state index contributed by atoms with van der Waals surface area (Å²) in [6.07, 6.45) is 0. The summed E-state index contributed by atoms with van der Waals surface area (Å²) in [6.45, 7) is 2.76. The molecule has 0 unspecified atom stereocenters. The second-order valence-corrected chi connectivity index (χ2v) is 5.58. The fourth-order valence-electron chi connectivity index (χ4n) is 2.14. The number of anilines is 1. The van der Waals surface area contributed by atoms with Crippen LogP contribution < -0.4 is 11.1 Å². The first-order valence-electron chi connectivity index (χ1n) is 6.43. The van der Waals surface area contributed by atoms with Crippen LogP contribution >= 0.6 is 23.2 Å². The second-order valence-electron chi connectivity index (χ2n) is 4.74. The van der Waals surface area contributed by atoms with Crippen molar-refractivity contribution in [1.29, 1.82) is 0 Å². The minimum absolute atomic E-state index is 0.0370. The molecule has 1 aromatic heterocycles. The predicted octanol–water partition coefficient (Wildman–Crippen LogP) is 3.45. The van der Waals surface area contributed by atoms with E-state index in [0.717, 1.165) is 0 Å². The molecule has 0 saturated carbocycles. The summed E-state index contributed by atoms with van der Waals surface area (Å²) in [6, 6.07) is 4.32. The summed E-state index contributed by atoms with van der Waals surface area (Å²) in [5.41, 5.74) is 5.28. The molecule has 0 aliphatic carbocycles. The van der Waals surface area contributed by atoms with Crippen LogP contribution in [0.5, 0.6) is 0 Å². The lowest BCUT2D eigenvalue weighted by Crippen LogP contribution is -2.19. The number of Topliss-reactive ketones (excluding diaryl/α,β-unsaturated/α-hetero) is 1. The van der Waals surface area contributed by atoms with Gasteiger partial charge in [0.2, 0.25) is 5.88 Å². The summed E-state index contributed by atoms with van der Waals surface area (Å²) in [5.74, 6) is -1.92. The molecular weight excluding hydrogens is 343 g/mol. The standard InChI is InChI=1S/C15H12Cl2N2O4/c1-6(20)11-7(2)23-15(12(11)13(18)21)19-14(22)9-4-3-8(16)5-10(9)17/h3-5H,1-2H3,(H2,18,21)(H,19,22). The molecule has 0 atom stereocenters. The summed E-state index contributed by atoms with van der Waals surface area (Å²) in [7, 11) is 0. The Hall–Kier alpha value is -2.31.